The van der Waals surface area contributed by atoms with E-state index >= 15 is 0 Å². The van der Waals surface area contributed by atoms with Crippen molar-refractivity contribution in [2.24, 2.45) is 0 Å². The number of thiazole rings is 1. The number of amides is 1. The highest BCUT2D eigenvalue weighted by molar-refractivity contribution is 7.10. The second kappa shape index (κ2) is 7.11. The Bertz CT molecular complexity index is 679. The van der Waals surface area contributed by atoms with Crippen LogP contribution < -0.4 is 0 Å². The van der Waals surface area contributed by atoms with Crippen molar-refractivity contribution in [3.63, 3.8) is 0 Å². The van der Waals surface area contributed by atoms with Gasteiger partial charge in [-0.1, -0.05) is 6.92 Å². The summed E-state index contributed by atoms with van der Waals surface area (Å²) in [5.74, 6) is 0.218. The van der Waals surface area contributed by atoms with Crippen LogP contribution in [-0.4, -0.2) is 40.3 Å². The van der Waals surface area contributed by atoms with Crippen molar-refractivity contribution in [3.8, 4) is 0 Å². The SMILES string of the molecule is CCc1nc(CN(C)C(C)C(=O)N2CCc3sccc3C2)cs1. The molecule has 3 heterocycles. The molecule has 0 radical (unpaired) electrons. The lowest BCUT2D eigenvalue weighted by molar-refractivity contribution is -0.137. The second-order valence-corrected chi connectivity index (χ2v) is 8.00. The number of likely N-dealkylation sites (N-methyl/N-ethyl adjacent to an activating group) is 1. The minimum absolute atomic E-state index is 0.123. The number of nitrogens with zero attached hydrogens (tertiary/aromatic N) is 3. The van der Waals surface area contributed by atoms with Crippen molar-refractivity contribution in [3.05, 3.63) is 38.0 Å². The summed E-state index contributed by atoms with van der Waals surface area (Å²) >= 11 is 3.51. The number of carbonyl (C=O) groups excluding carboxylic acids is 1. The highest BCUT2D eigenvalue weighted by Crippen LogP contribution is 2.25. The van der Waals surface area contributed by atoms with Gasteiger partial charge < -0.3 is 4.90 Å². The topological polar surface area (TPSA) is 36.4 Å². The first kappa shape index (κ1) is 16.6. The molecule has 1 aliphatic heterocycles. The van der Waals surface area contributed by atoms with Gasteiger partial charge in [0.05, 0.1) is 16.7 Å². The first-order valence-electron chi connectivity index (χ1n) is 8.06. The van der Waals surface area contributed by atoms with Gasteiger partial charge in [0.2, 0.25) is 5.91 Å². The van der Waals surface area contributed by atoms with Crippen LogP contribution in [0.3, 0.4) is 0 Å². The third kappa shape index (κ3) is 3.65. The summed E-state index contributed by atoms with van der Waals surface area (Å²) in [6.07, 6.45) is 1.96. The maximum atomic E-state index is 12.8. The van der Waals surface area contributed by atoms with Crippen LogP contribution in [0.5, 0.6) is 0 Å². The molecule has 0 saturated heterocycles. The van der Waals surface area contributed by atoms with Crippen molar-refractivity contribution >= 4 is 28.6 Å². The van der Waals surface area contributed by atoms with Gasteiger partial charge in [-0.25, -0.2) is 4.98 Å². The van der Waals surface area contributed by atoms with E-state index in [2.05, 4.69) is 33.6 Å². The monoisotopic (exact) mass is 349 g/mol. The first-order valence-corrected chi connectivity index (χ1v) is 9.82. The maximum absolute atomic E-state index is 12.8. The summed E-state index contributed by atoms with van der Waals surface area (Å²) in [6.45, 7) is 6.43. The fourth-order valence-corrected chi connectivity index (χ4v) is 4.49. The number of aryl methyl sites for hydroxylation is 1. The molecule has 1 atom stereocenters. The van der Waals surface area contributed by atoms with Crippen molar-refractivity contribution in [2.45, 2.75) is 45.8 Å². The van der Waals surface area contributed by atoms with Gasteiger partial charge in [0.1, 0.15) is 0 Å². The maximum Gasteiger partial charge on any atom is 0.239 e. The van der Waals surface area contributed by atoms with E-state index in [1.807, 2.05) is 18.9 Å². The van der Waals surface area contributed by atoms with E-state index in [4.69, 9.17) is 0 Å². The van der Waals surface area contributed by atoms with E-state index in [-0.39, 0.29) is 11.9 Å². The van der Waals surface area contributed by atoms with Crippen LogP contribution >= 0.6 is 22.7 Å². The second-order valence-electron chi connectivity index (χ2n) is 6.06. The lowest BCUT2D eigenvalue weighted by atomic mass is 10.1. The molecule has 0 N–H and O–H groups in total. The average molecular weight is 350 g/mol. The summed E-state index contributed by atoms with van der Waals surface area (Å²) in [5, 5.41) is 5.39. The zero-order valence-corrected chi connectivity index (χ0v) is 15.5. The van der Waals surface area contributed by atoms with Gasteiger partial charge in [-0.15, -0.1) is 22.7 Å². The van der Waals surface area contributed by atoms with Crippen LogP contribution in [0.25, 0.3) is 0 Å². The fraction of sp³-hybridized carbons (Fsp3) is 0.529. The van der Waals surface area contributed by atoms with Gasteiger partial charge in [0, 0.05) is 29.9 Å². The van der Waals surface area contributed by atoms with Crippen molar-refractivity contribution in [2.75, 3.05) is 13.6 Å². The number of hydrogen-bond acceptors (Lipinski definition) is 5. The Hall–Kier alpha value is -1.24. The van der Waals surface area contributed by atoms with Gasteiger partial charge >= 0.3 is 0 Å². The van der Waals surface area contributed by atoms with Gasteiger partial charge in [-0.3, -0.25) is 9.69 Å². The molecule has 1 aliphatic rings. The standard InChI is InChI=1S/C17H23N3OS2/c1-4-16-18-14(11-23-16)10-19(3)12(2)17(21)20-7-5-15-13(9-20)6-8-22-15/h6,8,11-12H,4-5,7,9-10H2,1-3H3. The third-order valence-corrected chi connectivity index (χ3v) is 6.52. The number of carbonyl (C=O) groups is 1. The predicted octanol–water partition coefficient (Wildman–Crippen LogP) is 3.17. The summed E-state index contributed by atoms with van der Waals surface area (Å²) in [7, 11) is 2.01. The van der Waals surface area contributed by atoms with E-state index in [1.54, 1.807) is 22.7 Å². The zero-order chi connectivity index (χ0) is 16.4. The number of rotatable bonds is 5. The van der Waals surface area contributed by atoms with Gasteiger partial charge in [-0.05, 0) is 43.8 Å². The smallest absolute Gasteiger partial charge is 0.239 e. The van der Waals surface area contributed by atoms with Crippen LogP contribution in [-0.2, 0) is 30.7 Å². The lowest BCUT2D eigenvalue weighted by Crippen LogP contribution is -2.46. The number of thiophene rings is 1. The summed E-state index contributed by atoms with van der Waals surface area (Å²) in [5.41, 5.74) is 2.38. The molecule has 0 fully saturated rings. The first-order chi connectivity index (χ1) is 11.1. The summed E-state index contributed by atoms with van der Waals surface area (Å²) in [4.78, 5) is 22.9. The molecular weight excluding hydrogens is 326 g/mol. The average Bonchev–Trinajstić information content (AvgIpc) is 3.21. The molecular formula is C17H23N3OS2. The zero-order valence-electron chi connectivity index (χ0n) is 13.9. The van der Waals surface area contributed by atoms with E-state index in [1.165, 1.54) is 10.4 Å². The predicted molar refractivity (Wildman–Crippen MR) is 95.9 cm³/mol. The minimum Gasteiger partial charge on any atom is -0.337 e. The molecule has 4 nitrogen and oxygen atoms in total. The molecule has 23 heavy (non-hydrogen) atoms. The summed E-state index contributed by atoms with van der Waals surface area (Å²) in [6, 6.07) is 2.03. The van der Waals surface area contributed by atoms with Crippen molar-refractivity contribution in [1.29, 1.82) is 0 Å². The van der Waals surface area contributed by atoms with E-state index in [0.717, 1.165) is 43.2 Å². The minimum atomic E-state index is -0.123. The summed E-state index contributed by atoms with van der Waals surface area (Å²) < 4.78 is 0. The lowest BCUT2D eigenvalue weighted by Gasteiger charge is -2.32. The van der Waals surface area contributed by atoms with Gasteiger partial charge in [0.15, 0.2) is 0 Å². The van der Waals surface area contributed by atoms with Crippen LogP contribution in [0.4, 0.5) is 0 Å². The quantitative estimate of drug-likeness (QED) is 0.832. The van der Waals surface area contributed by atoms with Gasteiger partial charge in [-0.2, -0.15) is 0 Å². The molecule has 3 rings (SSSR count). The fourth-order valence-electron chi connectivity index (χ4n) is 2.87. The molecule has 0 spiro atoms. The Morgan fingerprint density at radius 1 is 1.48 bits per heavy atom. The molecule has 124 valence electrons. The Kier molecular flexibility index (Phi) is 5.14. The normalized spacial score (nSPS) is 15.7. The van der Waals surface area contributed by atoms with Crippen molar-refractivity contribution < 1.29 is 4.79 Å². The highest BCUT2D eigenvalue weighted by atomic mass is 32.1. The molecule has 1 unspecified atom stereocenters. The molecule has 0 bridgehead atoms. The van der Waals surface area contributed by atoms with Gasteiger partial charge in [0.25, 0.3) is 0 Å². The number of aromatic nitrogens is 1. The number of fused-ring (bicyclic) bond motifs is 1. The molecule has 0 saturated carbocycles. The van der Waals surface area contributed by atoms with Crippen LogP contribution in [0.2, 0.25) is 0 Å². The molecule has 0 aromatic carbocycles. The molecule has 0 aliphatic carbocycles. The van der Waals surface area contributed by atoms with Crippen LogP contribution in [0, 0.1) is 0 Å². The largest absolute Gasteiger partial charge is 0.337 e. The third-order valence-electron chi connectivity index (χ3n) is 4.45. The van der Waals surface area contributed by atoms with E-state index in [9.17, 15) is 4.79 Å². The van der Waals surface area contributed by atoms with Crippen LogP contribution in [0.1, 0.15) is 35.0 Å². The highest BCUT2D eigenvalue weighted by Gasteiger charge is 2.27. The Balaban J connectivity index is 1.60. The van der Waals surface area contributed by atoms with E-state index in [0.29, 0.717) is 0 Å². The molecule has 6 heteroatoms. The molecule has 2 aromatic rings. The Morgan fingerprint density at radius 3 is 3.04 bits per heavy atom. The molecule has 2 aromatic heterocycles. The van der Waals surface area contributed by atoms with Crippen molar-refractivity contribution in [1.82, 2.24) is 14.8 Å². The molecule has 1 amide bonds. The number of hydrogen-bond donors (Lipinski definition) is 0. The Labute approximate surface area is 145 Å². The van der Waals surface area contributed by atoms with Crippen LogP contribution in [0.15, 0.2) is 16.8 Å². The Morgan fingerprint density at radius 2 is 2.30 bits per heavy atom. The van der Waals surface area contributed by atoms with E-state index < -0.39 is 0 Å².